The van der Waals surface area contributed by atoms with Crippen molar-refractivity contribution in [2.24, 2.45) is 0 Å². The zero-order valence-electron chi connectivity index (χ0n) is 16.8. The maximum Gasteiger partial charge on any atom is 0.234 e. The highest BCUT2D eigenvalue weighted by Gasteiger charge is 2.13. The van der Waals surface area contributed by atoms with Crippen LogP contribution in [0.2, 0.25) is 0 Å². The Bertz CT molecular complexity index is 834. The molecule has 0 bridgehead atoms. The van der Waals surface area contributed by atoms with E-state index in [1.54, 1.807) is 0 Å². The number of hydrogen-bond acceptors (Lipinski definition) is 4. The molecule has 1 aromatic carbocycles. The van der Waals surface area contributed by atoms with Crippen LogP contribution in [-0.2, 0) is 13.1 Å². The van der Waals surface area contributed by atoms with Gasteiger partial charge in [0.15, 0.2) is 0 Å². The highest BCUT2D eigenvalue weighted by molar-refractivity contribution is 5.24. The van der Waals surface area contributed by atoms with Crippen LogP contribution < -0.4 is 0 Å². The molecule has 142 valence electrons. The van der Waals surface area contributed by atoms with Crippen LogP contribution in [0.1, 0.15) is 22.6 Å². The van der Waals surface area contributed by atoms with Crippen LogP contribution in [0.5, 0.6) is 0 Å². The summed E-state index contributed by atoms with van der Waals surface area (Å²) in [5.41, 5.74) is 4.52. The molecule has 0 aliphatic carbocycles. The fraction of sp³-hybridized carbons (Fsp3) is 0.364. The van der Waals surface area contributed by atoms with Gasteiger partial charge in [0.25, 0.3) is 0 Å². The van der Waals surface area contributed by atoms with E-state index in [1.165, 1.54) is 11.3 Å². The molecule has 0 amide bonds. The Morgan fingerprint density at radius 3 is 2.22 bits per heavy atom. The standard InChI is InChI=1S/C22H29N5/c1-18-15-19(2)24-22(23-18)27-12-8-11-21(27)17-26(14-13-25(3)4)16-20-9-6-5-7-10-20/h5-12,15H,13-14,16-17H2,1-4H3. The summed E-state index contributed by atoms with van der Waals surface area (Å²) in [6.45, 7) is 7.83. The second kappa shape index (κ2) is 8.93. The van der Waals surface area contributed by atoms with E-state index in [-0.39, 0.29) is 0 Å². The van der Waals surface area contributed by atoms with Crippen LogP contribution in [0.15, 0.2) is 54.7 Å². The zero-order chi connectivity index (χ0) is 19.2. The van der Waals surface area contributed by atoms with Crippen molar-refractivity contribution in [3.8, 4) is 5.95 Å². The molecule has 3 rings (SSSR count). The third kappa shape index (κ3) is 5.49. The Morgan fingerprint density at radius 1 is 0.852 bits per heavy atom. The summed E-state index contributed by atoms with van der Waals surface area (Å²) in [6.07, 6.45) is 2.05. The maximum atomic E-state index is 4.63. The Kier molecular flexibility index (Phi) is 6.37. The predicted octanol–water partition coefficient (Wildman–Crippen LogP) is 3.45. The molecule has 2 heterocycles. The van der Waals surface area contributed by atoms with Gasteiger partial charge in [-0.15, -0.1) is 0 Å². The van der Waals surface area contributed by atoms with Gasteiger partial charge in [0.1, 0.15) is 0 Å². The van der Waals surface area contributed by atoms with Crippen molar-refractivity contribution in [1.29, 1.82) is 0 Å². The number of nitrogens with zero attached hydrogens (tertiary/aromatic N) is 5. The van der Waals surface area contributed by atoms with E-state index < -0.39 is 0 Å². The van der Waals surface area contributed by atoms with Crippen molar-refractivity contribution in [2.45, 2.75) is 26.9 Å². The second-order valence-corrected chi connectivity index (χ2v) is 7.32. The van der Waals surface area contributed by atoms with E-state index in [1.807, 2.05) is 19.9 Å². The van der Waals surface area contributed by atoms with Crippen LogP contribution >= 0.6 is 0 Å². The third-order valence-corrected chi connectivity index (χ3v) is 4.52. The summed E-state index contributed by atoms with van der Waals surface area (Å²) in [5.74, 6) is 0.750. The first kappa shape index (κ1) is 19.3. The van der Waals surface area contributed by atoms with E-state index in [0.29, 0.717) is 0 Å². The van der Waals surface area contributed by atoms with Gasteiger partial charge in [-0.25, -0.2) is 9.97 Å². The average molecular weight is 364 g/mol. The summed E-state index contributed by atoms with van der Waals surface area (Å²) in [7, 11) is 4.24. The van der Waals surface area contributed by atoms with Gasteiger partial charge in [-0.3, -0.25) is 9.47 Å². The molecule has 3 aromatic rings. The summed E-state index contributed by atoms with van der Waals surface area (Å²) >= 11 is 0. The Labute approximate surface area is 162 Å². The first-order valence-corrected chi connectivity index (χ1v) is 9.41. The molecule has 5 nitrogen and oxygen atoms in total. The minimum atomic E-state index is 0.750. The Morgan fingerprint density at radius 2 is 1.56 bits per heavy atom. The SMILES string of the molecule is Cc1cc(C)nc(-n2cccc2CN(CCN(C)C)Cc2ccccc2)n1. The molecule has 2 aromatic heterocycles. The van der Waals surface area contributed by atoms with Gasteiger partial charge in [-0.1, -0.05) is 30.3 Å². The van der Waals surface area contributed by atoms with Gasteiger partial charge in [0.2, 0.25) is 5.95 Å². The highest BCUT2D eigenvalue weighted by Crippen LogP contribution is 2.15. The van der Waals surface area contributed by atoms with Crippen molar-refractivity contribution in [3.05, 3.63) is 77.4 Å². The molecule has 0 fully saturated rings. The van der Waals surface area contributed by atoms with Gasteiger partial charge >= 0.3 is 0 Å². The zero-order valence-corrected chi connectivity index (χ0v) is 16.8. The molecule has 0 saturated heterocycles. The summed E-state index contributed by atoms with van der Waals surface area (Å²) in [5, 5.41) is 0. The number of aromatic nitrogens is 3. The van der Waals surface area contributed by atoms with Gasteiger partial charge in [-0.05, 0) is 51.7 Å². The Balaban J connectivity index is 1.82. The van der Waals surface area contributed by atoms with Crippen molar-refractivity contribution >= 4 is 0 Å². The number of benzene rings is 1. The van der Waals surface area contributed by atoms with Crippen LogP contribution in [0.25, 0.3) is 5.95 Å². The monoisotopic (exact) mass is 363 g/mol. The lowest BCUT2D eigenvalue weighted by atomic mass is 10.2. The lowest BCUT2D eigenvalue weighted by molar-refractivity contribution is 0.223. The number of rotatable bonds is 8. The van der Waals surface area contributed by atoms with E-state index in [0.717, 1.165) is 43.5 Å². The fourth-order valence-electron chi connectivity index (χ4n) is 3.18. The molecule has 5 heteroatoms. The van der Waals surface area contributed by atoms with Crippen molar-refractivity contribution in [1.82, 2.24) is 24.3 Å². The molecule has 27 heavy (non-hydrogen) atoms. The average Bonchev–Trinajstić information content (AvgIpc) is 3.08. The number of hydrogen-bond donors (Lipinski definition) is 0. The normalized spacial score (nSPS) is 11.5. The van der Waals surface area contributed by atoms with Crippen molar-refractivity contribution in [3.63, 3.8) is 0 Å². The van der Waals surface area contributed by atoms with E-state index in [9.17, 15) is 0 Å². The first-order chi connectivity index (χ1) is 13.0. The van der Waals surface area contributed by atoms with Gasteiger partial charge in [0.05, 0.1) is 0 Å². The van der Waals surface area contributed by atoms with Crippen LogP contribution in [0, 0.1) is 13.8 Å². The van der Waals surface area contributed by atoms with E-state index in [4.69, 9.17) is 0 Å². The van der Waals surface area contributed by atoms with E-state index >= 15 is 0 Å². The molecule has 0 aliphatic heterocycles. The topological polar surface area (TPSA) is 37.2 Å². The summed E-state index contributed by atoms with van der Waals surface area (Å²) < 4.78 is 2.10. The molecule has 0 radical (unpaired) electrons. The van der Waals surface area contributed by atoms with Crippen molar-refractivity contribution < 1.29 is 0 Å². The molecular weight excluding hydrogens is 334 g/mol. The van der Waals surface area contributed by atoms with Crippen molar-refractivity contribution in [2.75, 3.05) is 27.2 Å². The number of likely N-dealkylation sites (N-methyl/N-ethyl adjacent to an activating group) is 1. The van der Waals surface area contributed by atoms with Crippen LogP contribution in [-0.4, -0.2) is 51.5 Å². The summed E-state index contributed by atoms with van der Waals surface area (Å²) in [6, 6.07) is 16.9. The molecule has 0 saturated carbocycles. The van der Waals surface area contributed by atoms with Gasteiger partial charge < -0.3 is 4.90 Å². The van der Waals surface area contributed by atoms with E-state index in [2.05, 4.69) is 87.1 Å². The molecule has 0 N–H and O–H groups in total. The predicted molar refractivity (Wildman–Crippen MR) is 110 cm³/mol. The van der Waals surface area contributed by atoms with Gasteiger partial charge in [-0.2, -0.15) is 0 Å². The largest absolute Gasteiger partial charge is 0.308 e. The lowest BCUT2D eigenvalue weighted by Crippen LogP contribution is -2.31. The third-order valence-electron chi connectivity index (χ3n) is 4.52. The van der Waals surface area contributed by atoms with Crippen LogP contribution in [0.4, 0.5) is 0 Å². The number of aryl methyl sites for hydroxylation is 2. The van der Waals surface area contributed by atoms with Crippen LogP contribution in [0.3, 0.4) is 0 Å². The molecular formula is C22H29N5. The minimum absolute atomic E-state index is 0.750. The molecule has 0 unspecified atom stereocenters. The fourth-order valence-corrected chi connectivity index (χ4v) is 3.18. The maximum absolute atomic E-state index is 4.63. The second-order valence-electron chi connectivity index (χ2n) is 7.32. The quantitative estimate of drug-likeness (QED) is 0.614. The first-order valence-electron chi connectivity index (χ1n) is 9.41. The smallest absolute Gasteiger partial charge is 0.234 e. The van der Waals surface area contributed by atoms with Gasteiger partial charge in [0, 0.05) is 49.5 Å². The summed E-state index contributed by atoms with van der Waals surface area (Å²) in [4.78, 5) is 14.0. The minimum Gasteiger partial charge on any atom is -0.308 e. The molecule has 0 aliphatic rings. The highest BCUT2D eigenvalue weighted by atomic mass is 15.2. The molecule has 0 spiro atoms. The molecule has 0 atom stereocenters. The lowest BCUT2D eigenvalue weighted by Gasteiger charge is -2.25. The Hall–Kier alpha value is -2.50.